The largest absolute Gasteiger partial charge is 0.481 e. The number of benzene rings is 1. The molecular weight excluding hydrogens is 464 g/mol. The quantitative estimate of drug-likeness (QED) is 0.385. The first-order valence-electron chi connectivity index (χ1n) is 9.17. The zero-order chi connectivity index (χ0) is 22.7. The summed E-state index contributed by atoms with van der Waals surface area (Å²) in [5.41, 5.74) is 6.69. The minimum Gasteiger partial charge on any atom is -0.481 e. The van der Waals surface area contributed by atoms with Gasteiger partial charge in [0.05, 0.1) is 24.7 Å². The summed E-state index contributed by atoms with van der Waals surface area (Å²) in [5, 5.41) is 23.8. The molecule has 0 bridgehead atoms. The highest BCUT2D eigenvalue weighted by Crippen LogP contribution is 2.29. The van der Waals surface area contributed by atoms with Crippen molar-refractivity contribution in [3.8, 4) is 34.1 Å². The molecule has 0 amide bonds. The minimum absolute atomic E-state index is 0. The van der Waals surface area contributed by atoms with Crippen LogP contribution in [0.3, 0.4) is 0 Å². The van der Waals surface area contributed by atoms with Gasteiger partial charge < -0.3 is 20.1 Å². The number of nitrogens with zero attached hydrogens (tertiary/aromatic N) is 6. The molecule has 0 saturated carbocycles. The summed E-state index contributed by atoms with van der Waals surface area (Å²) in [6, 6.07) is 4.23. The summed E-state index contributed by atoms with van der Waals surface area (Å²) in [4.78, 5) is 15.7. The van der Waals surface area contributed by atoms with E-state index < -0.39 is 23.6 Å². The molecule has 3 heterocycles. The molecule has 11 nitrogen and oxygen atoms in total. The van der Waals surface area contributed by atoms with Crippen molar-refractivity contribution >= 4 is 18.4 Å². The van der Waals surface area contributed by atoms with Gasteiger partial charge in [0.15, 0.2) is 5.82 Å². The maximum atomic E-state index is 14.6. The van der Waals surface area contributed by atoms with Crippen molar-refractivity contribution in [2.45, 2.75) is 19.0 Å². The molecule has 0 aliphatic carbocycles. The lowest BCUT2D eigenvalue weighted by molar-refractivity contribution is -0.137. The highest BCUT2D eigenvalue weighted by Gasteiger charge is 2.16. The number of nitrogens with two attached hydrogens (primary N) is 1. The lowest BCUT2D eigenvalue weighted by Crippen LogP contribution is -2.30. The van der Waals surface area contributed by atoms with Crippen LogP contribution in [0, 0.1) is 11.6 Å². The minimum atomic E-state index is -1.06. The fourth-order valence-electron chi connectivity index (χ4n) is 2.79. The Kier molecular flexibility index (Phi) is 7.25. The Morgan fingerprint density at radius 2 is 2.03 bits per heavy atom. The first kappa shape index (κ1) is 23.7. The van der Waals surface area contributed by atoms with Crippen molar-refractivity contribution in [1.29, 1.82) is 0 Å². The first-order valence-corrected chi connectivity index (χ1v) is 9.17. The average molecular weight is 480 g/mol. The van der Waals surface area contributed by atoms with Crippen molar-refractivity contribution in [1.82, 2.24) is 30.3 Å². The molecule has 0 unspecified atom stereocenters. The third-order valence-corrected chi connectivity index (χ3v) is 4.26. The Bertz CT molecular complexity index is 1250. The third-order valence-electron chi connectivity index (χ3n) is 4.26. The van der Waals surface area contributed by atoms with Crippen LogP contribution in [0.5, 0.6) is 11.6 Å². The van der Waals surface area contributed by atoms with E-state index in [9.17, 15) is 13.6 Å². The Morgan fingerprint density at radius 1 is 1.21 bits per heavy atom. The summed E-state index contributed by atoms with van der Waals surface area (Å²) in [5.74, 6) is -2.91. The van der Waals surface area contributed by atoms with E-state index in [0.717, 1.165) is 10.9 Å². The van der Waals surface area contributed by atoms with Crippen LogP contribution < -0.4 is 10.5 Å². The number of carbonyl (C=O) groups is 1. The molecule has 0 fully saturated rings. The molecule has 3 N–H and O–H groups in total. The summed E-state index contributed by atoms with van der Waals surface area (Å²) < 4.78 is 39.0. The van der Waals surface area contributed by atoms with Crippen molar-refractivity contribution in [2.75, 3.05) is 0 Å². The van der Waals surface area contributed by atoms with Gasteiger partial charge in [0.1, 0.15) is 17.8 Å². The van der Waals surface area contributed by atoms with Crippen molar-refractivity contribution in [2.24, 2.45) is 5.73 Å². The fraction of sp³-hybridized carbons (Fsp3) is 0.158. The normalized spacial score (nSPS) is 11.6. The lowest BCUT2D eigenvalue weighted by atomic mass is 10.2. The maximum Gasteiger partial charge on any atom is 0.304 e. The molecule has 1 aromatic carbocycles. The van der Waals surface area contributed by atoms with Gasteiger partial charge in [-0.1, -0.05) is 5.16 Å². The van der Waals surface area contributed by atoms with Crippen LogP contribution in [0.4, 0.5) is 8.78 Å². The third kappa shape index (κ3) is 5.64. The molecular formula is C19H16ClF2N7O4. The lowest BCUT2D eigenvalue weighted by Gasteiger charge is -2.08. The number of pyridine rings is 1. The van der Waals surface area contributed by atoms with Gasteiger partial charge in [-0.25, -0.2) is 13.8 Å². The van der Waals surface area contributed by atoms with Crippen molar-refractivity contribution < 1.29 is 27.9 Å². The second kappa shape index (κ2) is 10.1. The summed E-state index contributed by atoms with van der Waals surface area (Å²) >= 11 is 0. The predicted octanol–water partition coefficient (Wildman–Crippen LogP) is 2.68. The van der Waals surface area contributed by atoms with E-state index in [2.05, 4.69) is 25.6 Å². The molecule has 33 heavy (non-hydrogen) atoms. The van der Waals surface area contributed by atoms with E-state index in [0.29, 0.717) is 11.1 Å². The second-order valence-electron chi connectivity index (χ2n) is 6.69. The Hall–Kier alpha value is -3.97. The van der Waals surface area contributed by atoms with Crippen LogP contribution >= 0.6 is 12.4 Å². The predicted molar refractivity (Wildman–Crippen MR) is 110 cm³/mol. The van der Waals surface area contributed by atoms with Gasteiger partial charge in [0.25, 0.3) is 5.88 Å². The number of aliphatic carboxylic acids is 1. The molecule has 0 spiro atoms. The van der Waals surface area contributed by atoms with E-state index in [-0.39, 0.29) is 48.4 Å². The number of carboxylic acid groups (broad SMARTS) is 1. The molecule has 0 aliphatic rings. The number of ether oxygens (including phenoxy) is 1. The second-order valence-corrected chi connectivity index (χ2v) is 6.69. The zero-order valence-corrected chi connectivity index (χ0v) is 17.4. The van der Waals surface area contributed by atoms with Crippen LogP contribution in [0.15, 0.2) is 47.4 Å². The van der Waals surface area contributed by atoms with Crippen LogP contribution in [0.1, 0.15) is 6.42 Å². The SMILES string of the molecule is Cl.N[C@@H](CC(=O)O)Cn1nnc(-c2ccc(Oc3ncc(-c4cnoc4)cc3F)cc2F)n1. The Labute approximate surface area is 190 Å². The van der Waals surface area contributed by atoms with Crippen LogP contribution in [-0.2, 0) is 11.3 Å². The first-order chi connectivity index (χ1) is 15.4. The van der Waals surface area contributed by atoms with Crippen molar-refractivity contribution in [3.05, 3.63) is 54.6 Å². The number of hydrogen-bond donors (Lipinski definition) is 2. The molecule has 4 aromatic rings. The van der Waals surface area contributed by atoms with Gasteiger partial charge >= 0.3 is 5.97 Å². The van der Waals surface area contributed by atoms with Crippen LogP contribution in [-0.4, -0.2) is 47.5 Å². The fourth-order valence-corrected chi connectivity index (χ4v) is 2.79. The monoisotopic (exact) mass is 479 g/mol. The molecule has 0 radical (unpaired) electrons. The Balaban J connectivity index is 0.00000306. The molecule has 0 aliphatic heterocycles. The van der Waals surface area contributed by atoms with Gasteiger partial charge in [-0.2, -0.15) is 4.80 Å². The highest BCUT2D eigenvalue weighted by atomic mass is 35.5. The number of tetrazole rings is 1. The Morgan fingerprint density at radius 3 is 2.70 bits per heavy atom. The molecule has 14 heteroatoms. The smallest absolute Gasteiger partial charge is 0.304 e. The molecule has 1 atom stereocenters. The summed E-state index contributed by atoms with van der Waals surface area (Å²) in [6.07, 6.45) is 3.85. The molecule has 172 valence electrons. The van der Waals surface area contributed by atoms with E-state index in [4.69, 9.17) is 20.1 Å². The van der Waals surface area contributed by atoms with Gasteiger partial charge in [-0.05, 0) is 23.4 Å². The number of halogens is 3. The van der Waals surface area contributed by atoms with E-state index in [1.807, 2.05) is 0 Å². The van der Waals surface area contributed by atoms with Gasteiger partial charge in [-0.15, -0.1) is 22.6 Å². The van der Waals surface area contributed by atoms with Crippen LogP contribution in [0.2, 0.25) is 0 Å². The number of aromatic nitrogens is 6. The van der Waals surface area contributed by atoms with Crippen LogP contribution in [0.25, 0.3) is 22.5 Å². The highest BCUT2D eigenvalue weighted by molar-refractivity contribution is 5.85. The van der Waals surface area contributed by atoms with E-state index in [1.54, 1.807) is 0 Å². The van der Waals surface area contributed by atoms with Crippen molar-refractivity contribution in [3.63, 3.8) is 0 Å². The number of hydrogen-bond acceptors (Lipinski definition) is 9. The van der Waals surface area contributed by atoms with Gasteiger partial charge in [-0.3, -0.25) is 4.79 Å². The van der Waals surface area contributed by atoms with E-state index >= 15 is 0 Å². The topological polar surface area (TPSA) is 155 Å². The number of carboxylic acids is 1. The standard InChI is InChI=1S/C19H15F2N7O4.ClH/c20-15-5-13(32-19-16(21)3-10(6-23-19)11-7-24-31-9-11)1-2-14(15)18-25-27-28(26-18)8-12(22)4-17(29)30;/h1-3,5-7,9,12H,4,8,22H2,(H,29,30);1H/t12-;/m0./s1. The van der Waals surface area contributed by atoms with Gasteiger partial charge in [0.2, 0.25) is 5.82 Å². The van der Waals surface area contributed by atoms with E-state index in [1.165, 1.54) is 36.9 Å². The summed E-state index contributed by atoms with van der Waals surface area (Å²) in [6.45, 7) is -0.00205. The molecule has 0 saturated heterocycles. The molecule has 4 rings (SSSR count). The van der Waals surface area contributed by atoms with Gasteiger partial charge in [0, 0.05) is 29.4 Å². The number of rotatable bonds is 8. The maximum absolute atomic E-state index is 14.6. The zero-order valence-electron chi connectivity index (χ0n) is 16.6. The average Bonchev–Trinajstić information content (AvgIpc) is 3.41. The summed E-state index contributed by atoms with van der Waals surface area (Å²) in [7, 11) is 0. The molecule has 3 aromatic heterocycles.